The standard InChI is InChI=1S/C16H20N4O4/c1-3-8-20-14(17)13(15(22)19(2)16(20)23)18-12(21)6-4-5-11-7-9-24-10-11/h4-5,7,9-10H,3,6,8,17H2,1-2H3,(H,18,21)/b5-4+. The molecule has 1 amide bonds. The quantitative estimate of drug-likeness (QED) is 0.824. The second-order valence-corrected chi connectivity index (χ2v) is 5.27. The molecule has 0 radical (unpaired) electrons. The molecule has 24 heavy (non-hydrogen) atoms. The molecule has 0 aliphatic heterocycles. The molecule has 0 fully saturated rings. The molecule has 0 atom stereocenters. The van der Waals surface area contributed by atoms with Gasteiger partial charge >= 0.3 is 5.69 Å². The number of carbonyl (C=O) groups excluding carboxylic acids is 1. The highest BCUT2D eigenvalue weighted by Gasteiger charge is 2.16. The lowest BCUT2D eigenvalue weighted by Gasteiger charge is -2.14. The van der Waals surface area contributed by atoms with E-state index in [0.29, 0.717) is 13.0 Å². The van der Waals surface area contributed by atoms with E-state index >= 15 is 0 Å². The third kappa shape index (κ3) is 3.65. The molecular weight excluding hydrogens is 312 g/mol. The lowest BCUT2D eigenvalue weighted by Crippen LogP contribution is -2.41. The molecule has 0 saturated heterocycles. The number of nitrogens with one attached hydrogen (secondary N) is 1. The third-order valence-electron chi connectivity index (χ3n) is 3.45. The number of hydrogen-bond donors (Lipinski definition) is 2. The van der Waals surface area contributed by atoms with E-state index in [1.54, 1.807) is 24.5 Å². The van der Waals surface area contributed by atoms with Crippen LogP contribution in [0, 0.1) is 0 Å². The van der Waals surface area contributed by atoms with Crippen LogP contribution in [0.3, 0.4) is 0 Å². The van der Waals surface area contributed by atoms with Gasteiger partial charge in [-0.25, -0.2) is 4.79 Å². The van der Waals surface area contributed by atoms with Crippen molar-refractivity contribution in [1.82, 2.24) is 9.13 Å². The van der Waals surface area contributed by atoms with Gasteiger partial charge in [-0.3, -0.25) is 18.7 Å². The zero-order valence-electron chi connectivity index (χ0n) is 13.6. The molecule has 0 bridgehead atoms. The number of anilines is 2. The van der Waals surface area contributed by atoms with Crippen molar-refractivity contribution in [3.05, 3.63) is 51.1 Å². The molecule has 2 heterocycles. The highest BCUT2D eigenvalue weighted by Crippen LogP contribution is 2.12. The smallest absolute Gasteiger partial charge is 0.332 e. The Morgan fingerprint density at radius 3 is 2.79 bits per heavy atom. The average molecular weight is 332 g/mol. The van der Waals surface area contributed by atoms with Crippen LogP contribution in [0.5, 0.6) is 0 Å². The molecule has 0 aromatic carbocycles. The zero-order chi connectivity index (χ0) is 17.7. The van der Waals surface area contributed by atoms with E-state index in [1.165, 1.54) is 17.9 Å². The van der Waals surface area contributed by atoms with Gasteiger partial charge in [0.15, 0.2) is 0 Å². The first kappa shape index (κ1) is 17.3. The van der Waals surface area contributed by atoms with E-state index in [4.69, 9.17) is 10.2 Å². The first-order chi connectivity index (χ1) is 11.5. The van der Waals surface area contributed by atoms with Gasteiger partial charge in [-0.1, -0.05) is 19.1 Å². The van der Waals surface area contributed by atoms with Gasteiger partial charge in [-0.15, -0.1) is 0 Å². The minimum atomic E-state index is -0.628. The number of carbonyl (C=O) groups is 1. The van der Waals surface area contributed by atoms with Crippen molar-refractivity contribution in [2.45, 2.75) is 26.3 Å². The predicted molar refractivity (Wildman–Crippen MR) is 91.6 cm³/mol. The van der Waals surface area contributed by atoms with Gasteiger partial charge in [0, 0.05) is 25.6 Å². The summed E-state index contributed by atoms with van der Waals surface area (Å²) in [5.74, 6) is -0.433. The minimum absolute atomic E-state index is 0.0304. The van der Waals surface area contributed by atoms with Crippen LogP contribution >= 0.6 is 0 Å². The van der Waals surface area contributed by atoms with Gasteiger partial charge in [0.05, 0.1) is 12.5 Å². The fourth-order valence-electron chi connectivity index (χ4n) is 2.20. The molecule has 0 aliphatic carbocycles. The first-order valence-corrected chi connectivity index (χ1v) is 7.53. The Kier molecular flexibility index (Phi) is 5.41. The topological polar surface area (TPSA) is 112 Å². The lowest BCUT2D eigenvalue weighted by atomic mass is 10.2. The number of nitrogens with zero attached hydrogens (tertiary/aromatic N) is 2. The summed E-state index contributed by atoms with van der Waals surface area (Å²) in [4.78, 5) is 36.3. The Labute approximate surface area is 138 Å². The SMILES string of the molecule is CCCn1c(N)c(NC(=O)C/C=C/c2ccoc2)c(=O)n(C)c1=O. The molecule has 0 aliphatic rings. The molecule has 128 valence electrons. The van der Waals surface area contributed by atoms with Gasteiger partial charge < -0.3 is 15.5 Å². The Hall–Kier alpha value is -3.03. The van der Waals surface area contributed by atoms with Gasteiger partial charge in [-0.2, -0.15) is 0 Å². The Bertz CT molecular complexity index is 859. The van der Waals surface area contributed by atoms with E-state index in [-0.39, 0.29) is 17.9 Å². The second kappa shape index (κ2) is 7.49. The van der Waals surface area contributed by atoms with Crippen LogP contribution in [-0.4, -0.2) is 15.0 Å². The van der Waals surface area contributed by atoms with E-state index in [1.807, 2.05) is 6.92 Å². The second-order valence-electron chi connectivity index (χ2n) is 5.27. The number of nitrogen functional groups attached to an aromatic ring is 1. The van der Waals surface area contributed by atoms with Crippen LogP contribution in [0.4, 0.5) is 11.5 Å². The van der Waals surface area contributed by atoms with Crippen molar-refractivity contribution in [2.75, 3.05) is 11.1 Å². The van der Waals surface area contributed by atoms with Crippen LogP contribution < -0.4 is 22.3 Å². The van der Waals surface area contributed by atoms with E-state index in [9.17, 15) is 14.4 Å². The number of nitrogens with two attached hydrogens (primary N) is 1. The van der Waals surface area contributed by atoms with Crippen molar-refractivity contribution >= 4 is 23.5 Å². The maximum Gasteiger partial charge on any atom is 0.332 e. The van der Waals surface area contributed by atoms with Gasteiger partial charge in [-0.05, 0) is 12.5 Å². The molecular formula is C16H20N4O4. The molecule has 8 nitrogen and oxygen atoms in total. The first-order valence-electron chi connectivity index (χ1n) is 7.53. The minimum Gasteiger partial charge on any atom is -0.472 e. The number of furan rings is 1. The molecule has 2 rings (SSSR count). The maximum atomic E-state index is 12.2. The zero-order valence-corrected chi connectivity index (χ0v) is 13.6. The predicted octanol–water partition coefficient (Wildman–Crippen LogP) is 1.17. The molecule has 0 saturated carbocycles. The Morgan fingerprint density at radius 2 is 2.17 bits per heavy atom. The van der Waals surface area contributed by atoms with Gasteiger partial charge in [0.1, 0.15) is 11.5 Å². The normalized spacial score (nSPS) is 11.1. The Morgan fingerprint density at radius 1 is 1.42 bits per heavy atom. The van der Waals surface area contributed by atoms with Gasteiger partial charge in [0.2, 0.25) is 5.91 Å². The highest BCUT2D eigenvalue weighted by atomic mass is 16.3. The maximum absolute atomic E-state index is 12.2. The van der Waals surface area contributed by atoms with Crippen molar-refractivity contribution in [1.29, 1.82) is 0 Å². The molecule has 3 N–H and O–H groups in total. The van der Waals surface area contributed by atoms with Crippen LogP contribution in [0.25, 0.3) is 6.08 Å². The molecule has 2 aromatic heterocycles. The number of aromatic nitrogens is 2. The van der Waals surface area contributed by atoms with Crippen molar-refractivity contribution in [3.63, 3.8) is 0 Å². The highest BCUT2D eigenvalue weighted by molar-refractivity contribution is 5.94. The Balaban J connectivity index is 2.21. The van der Waals surface area contributed by atoms with Crippen LogP contribution in [0.1, 0.15) is 25.3 Å². The van der Waals surface area contributed by atoms with E-state index in [2.05, 4.69) is 5.32 Å². The fraction of sp³-hybridized carbons (Fsp3) is 0.312. The summed E-state index contributed by atoms with van der Waals surface area (Å²) in [6, 6.07) is 1.75. The molecule has 0 unspecified atom stereocenters. The molecule has 2 aromatic rings. The average Bonchev–Trinajstić information content (AvgIpc) is 3.07. The van der Waals surface area contributed by atoms with Crippen molar-refractivity contribution < 1.29 is 9.21 Å². The fourth-order valence-corrected chi connectivity index (χ4v) is 2.20. The third-order valence-corrected chi connectivity index (χ3v) is 3.45. The summed E-state index contributed by atoms with van der Waals surface area (Å²) in [5, 5.41) is 2.49. The lowest BCUT2D eigenvalue weighted by molar-refractivity contribution is -0.115. The van der Waals surface area contributed by atoms with E-state index < -0.39 is 17.2 Å². The summed E-state index contributed by atoms with van der Waals surface area (Å²) < 4.78 is 7.12. The van der Waals surface area contributed by atoms with Crippen LogP contribution in [0.2, 0.25) is 0 Å². The summed E-state index contributed by atoms with van der Waals surface area (Å²) in [5.41, 5.74) is 5.52. The summed E-state index contributed by atoms with van der Waals surface area (Å²) >= 11 is 0. The number of hydrogen-bond acceptors (Lipinski definition) is 5. The monoisotopic (exact) mass is 332 g/mol. The van der Waals surface area contributed by atoms with Crippen molar-refractivity contribution in [3.8, 4) is 0 Å². The van der Waals surface area contributed by atoms with Crippen LogP contribution in [0.15, 0.2) is 38.7 Å². The summed E-state index contributed by atoms with van der Waals surface area (Å²) in [6.07, 6.45) is 7.17. The largest absolute Gasteiger partial charge is 0.472 e. The summed E-state index contributed by atoms with van der Waals surface area (Å²) in [6.45, 7) is 2.25. The van der Waals surface area contributed by atoms with E-state index in [0.717, 1.165) is 10.1 Å². The number of amides is 1. The number of rotatable bonds is 6. The van der Waals surface area contributed by atoms with Crippen molar-refractivity contribution in [2.24, 2.45) is 7.05 Å². The van der Waals surface area contributed by atoms with Crippen LogP contribution in [-0.2, 0) is 18.4 Å². The molecule has 8 heteroatoms. The molecule has 0 spiro atoms. The summed E-state index contributed by atoms with van der Waals surface area (Å²) in [7, 11) is 1.35. The van der Waals surface area contributed by atoms with Gasteiger partial charge in [0.25, 0.3) is 5.56 Å².